The first kappa shape index (κ1) is 10.7. The van der Waals surface area contributed by atoms with E-state index in [0.29, 0.717) is 0 Å². The molecule has 0 unspecified atom stereocenters. The lowest BCUT2D eigenvalue weighted by Gasteiger charge is -1.98. The van der Waals surface area contributed by atoms with Crippen molar-refractivity contribution in [2.45, 2.75) is 0 Å². The van der Waals surface area contributed by atoms with Crippen molar-refractivity contribution in [3.05, 3.63) is 34.3 Å². The third kappa shape index (κ3) is 2.08. The molecule has 1 aromatic rings. The summed E-state index contributed by atoms with van der Waals surface area (Å²) in [5, 5.41) is 8.59. The quantitative estimate of drug-likeness (QED) is 0.577. The maximum Gasteiger partial charge on any atom is 0.399 e. The first-order chi connectivity index (χ1) is 7.10. The predicted octanol–water partition coefficient (Wildman–Crippen LogP) is 1.06. The maximum atomic E-state index is 11.2. The Morgan fingerprint density at radius 2 is 2.13 bits per heavy atom. The summed E-state index contributed by atoms with van der Waals surface area (Å²) in [7, 11) is 1.18. The van der Waals surface area contributed by atoms with Gasteiger partial charge in [-0.2, -0.15) is 0 Å². The van der Waals surface area contributed by atoms with Crippen LogP contribution in [-0.4, -0.2) is 19.0 Å². The third-order valence-electron chi connectivity index (χ3n) is 1.79. The van der Waals surface area contributed by atoms with Crippen LogP contribution in [0.4, 0.5) is 5.69 Å². The van der Waals surface area contributed by atoms with E-state index in [0.717, 1.165) is 0 Å². The smallest absolute Gasteiger partial charge is 0.399 e. The fourth-order valence-electron chi connectivity index (χ4n) is 1.05. The number of rotatable bonds is 2. The van der Waals surface area contributed by atoms with Crippen molar-refractivity contribution in [1.82, 2.24) is 0 Å². The van der Waals surface area contributed by atoms with Crippen molar-refractivity contribution >= 4 is 17.6 Å². The summed E-state index contributed by atoms with van der Waals surface area (Å²) in [5.74, 6) is -1.38. The van der Waals surface area contributed by atoms with E-state index in [-0.39, 0.29) is 16.8 Å². The fourth-order valence-corrected chi connectivity index (χ4v) is 1.05. The number of esters is 1. The molecule has 0 spiro atoms. The van der Waals surface area contributed by atoms with E-state index in [1.165, 1.54) is 25.3 Å². The lowest BCUT2D eigenvalue weighted by molar-refractivity contribution is 0.0602. The highest BCUT2D eigenvalue weighted by Crippen LogP contribution is 2.21. The van der Waals surface area contributed by atoms with Gasteiger partial charge < -0.3 is 10.5 Å². The summed E-state index contributed by atoms with van der Waals surface area (Å²) in [6, 6.07) is 3.86. The van der Waals surface area contributed by atoms with Gasteiger partial charge in [-0.25, -0.2) is 4.79 Å². The summed E-state index contributed by atoms with van der Waals surface area (Å²) in [4.78, 5) is 25.0. The number of amides is 1. The van der Waals surface area contributed by atoms with E-state index < -0.39 is 11.9 Å². The molecule has 0 aliphatic rings. The van der Waals surface area contributed by atoms with Gasteiger partial charge in [0.05, 0.1) is 7.11 Å². The number of ether oxygens (including phenoxy) is 1. The van der Waals surface area contributed by atoms with Crippen LogP contribution < -0.4 is 5.73 Å². The molecule has 0 saturated carbocycles. The van der Waals surface area contributed by atoms with Gasteiger partial charge in [0.25, 0.3) is 0 Å². The number of hydrogen-bond donors (Lipinski definition) is 1. The van der Waals surface area contributed by atoms with Gasteiger partial charge in [-0.15, -0.1) is 0 Å². The standard InChI is InChI=1S/C9H7N3O3/c1-15-9(14)6-4-5(8(10)13)2-3-7(6)12-11/h2-4H,1H3,(H-,10,13)/p+1. The second kappa shape index (κ2) is 4.19. The number of methoxy groups -OCH3 is 1. The first-order valence-corrected chi connectivity index (χ1v) is 3.97. The molecule has 0 aliphatic heterocycles. The minimum absolute atomic E-state index is 0.0173. The molecular weight excluding hydrogens is 198 g/mol. The van der Waals surface area contributed by atoms with Gasteiger partial charge in [0.2, 0.25) is 11.3 Å². The molecule has 0 saturated heterocycles. The van der Waals surface area contributed by atoms with Gasteiger partial charge in [-0.05, 0) is 12.1 Å². The highest BCUT2D eigenvalue weighted by Gasteiger charge is 2.22. The first-order valence-electron chi connectivity index (χ1n) is 3.97. The molecule has 0 heterocycles. The van der Waals surface area contributed by atoms with Crippen molar-refractivity contribution in [2.75, 3.05) is 7.11 Å². The Kier molecular flexibility index (Phi) is 2.98. The third-order valence-corrected chi connectivity index (χ3v) is 1.79. The summed E-state index contributed by atoms with van der Waals surface area (Å²) in [5.41, 5.74) is 5.18. The number of benzene rings is 1. The molecule has 0 radical (unpaired) electrons. The number of primary amides is 1. The number of carbonyl (C=O) groups is 2. The summed E-state index contributed by atoms with van der Waals surface area (Å²) in [6.45, 7) is 0. The Hall–Kier alpha value is -2.42. The average molecular weight is 206 g/mol. The number of nitrogens with two attached hydrogens (primary N) is 1. The van der Waals surface area contributed by atoms with Crippen LogP contribution in [0, 0.1) is 5.39 Å². The molecule has 0 atom stereocenters. The van der Waals surface area contributed by atoms with Crippen LogP contribution >= 0.6 is 0 Å². The van der Waals surface area contributed by atoms with E-state index in [1.54, 1.807) is 0 Å². The Labute approximate surface area is 85.3 Å². The normalized spacial score (nSPS) is 9.07. The van der Waals surface area contributed by atoms with E-state index in [9.17, 15) is 9.59 Å². The Balaban J connectivity index is 3.33. The Morgan fingerprint density at radius 3 is 2.60 bits per heavy atom. The molecule has 0 bridgehead atoms. The molecule has 0 aromatic heterocycles. The number of nitrogens with zero attached hydrogens (tertiary/aromatic N) is 2. The zero-order valence-electron chi connectivity index (χ0n) is 7.93. The topological polar surface area (TPSA) is 97.5 Å². The van der Waals surface area contributed by atoms with Crippen molar-refractivity contribution in [2.24, 2.45) is 5.73 Å². The largest absolute Gasteiger partial charge is 0.465 e. The van der Waals surface area contributed by atoms with Crippen LogP contribution in [-0.2, 0) is 4.74 Å². The molecule has 1 amide bonds. The predicted molar refractivity (Wildman–Crippen MR) is 51.0 cm³/mol. The van der Waals surface area contributed by atoms with Crippen molar-refractivity contribution < 1.29 is 14.3 Å². The van der Waals surface area contributed by atoms with Crippen LogP contribution in [0.15, 0.2) is 18.2 Å². The maximum absolute atomic E-state index is 11.2. The molecule has 76 valence electrons. The molecule has 15 heavy (non-hydrogen) atoms. The monoisotopic (exact) mass is 206 g/mol. The summed E-state index contributed by atoms with van der Waals surface area (Å²) in [6.07, 6.45) is 0. The van der Waals surface area contributed by atoms with Gasteiger partial charge in [0.1, 0.15) is 0 Å². The Morgan fingerprint density at radius 1 is 1.47 bits per heavy atom. The van der Waals surface area contributed by atoms with Crippen molar-refractivity contribution in [3.63, 3.8) is 0 Å². The van der Waals surface area contributed by atoms with Gasteiger partial charge >= 0.3 is 11.7 Å². The molecular formula is C9H8N3O3+. The Bertz CT molecular complexity index is 462. The minimum atomic E-state index is -0.703. The molecule has 1 aromatic carbocycles. The summed E-state index contributed by atoms with van der Waals surface area (Å²) < 4.78 is 4.45. The van der Waals surface area contributed by atoms with E-state index in [4.69, 9.17) is 11.1 Å². The van der Waals surface area contributed by atoms with Gasteiger partial charge in [-0.1, -0.05) is 0 Å². The van der Waals surface area contributed by atoms with Crippen LogP contribution in [0.2, 0.25) is 0 Å². The molecule has 6 nitrogen and oxygen atoms in total. The second-order valence-electron chi connectivity index (χ2n) is 2.69. The number of hydrogen-bond acceptors (Lipinski definition) is 4. The van der Waals surface area contributed by atoms with Crippen LogP contribution in [0.5, 0.6) is 0 Å². The van der Waals surface area contributed by atoms with Gasteiger partial charge in [0.15, 0.2) is 10.5 Å². The zero-order chi connectivity index (χ0) is 11.4. The lowest BCUT2D eigenvalue weighted by Crippen LogP contribution is -2.12. The molecule has 1 rings (SSSR count). The fraction of sp³-hybridized carbons (Fsp3) is 0.111. The summed E-state index contributed by atoms with van der Waals surface area (Å²) >= 11 is 0. The number of carbonyl (C=O) groups excluding carboxylic acids is 2. The van der Waals surface area contributed by atoms with Crippen molar-refractivity contribution in [3.8, 4) is 0 Å². The van der Waals surface area contributed by atoms with Gasteiger partial charge in [-0.3, -0.25) is 4.79 Å². The molecule has 0 aliphatic carbocycles. The second-order valence-corrected chi connectivity index (χ2v) is 2.69. The highest BCUT2D eigenvalue weighted by molar-refractivity contribution is 6.00. The number of diazo groups is 1. The molecule has 0 fully saturated rings. The van der Waals surface area contributed by atoms with E-state index in [1.807, 2.05) is 0 Å². The minimum Gasteiger partial charge on any atom is -0.465 e. The molecule has 2 N–H and O–H groups in total. The van der Waals surface area contributed by atoms with Crippen LogP contribution in [0.25, 0.3) is 4.98 Å². The van der Waals surface area contributed by atoms with Crippen LogP contribution in [0.1, 0.15) is 20.7 Å². The lowest BCUT2D eigenvalue weighted by atomic mass is 10.1. The van der Waals surface area contributed by atoms with Crippen LogP contribution in [0.3, 0.4) is 0 Å². The highest BCUT2D eigenvalue weighted by atomic mass is 16.5. The van der Waals surface area contributed by atoms with E-state index >= 15 is 0 Å². The SMILES string of the molecule is COC(=O)c1cc(C(N)=O)ccc1[N+]#N. The van der Waals surface area contributed by atoms with Gasteiger partial charge in [0, 0.05) is 11.6 Å². The van der Waals surface area contributed by atoms with E-state index in [2.05, 4.69) is 9.71 Å². The average Bonchev–Trinajstić information content (AvgIpc) is 2.27. The van der Waals surface area contributed by atoms with Crippen molar-refractivity contribution in [1.29, 1.82) is 5.39 Å². The molecule has 6 heteroatoms. The zero-order valence-corrected chi connectivity index (χ0v) is 7.93.